The highest BCUT2D eigenvalue weighted by Crippen LogP contribution is 2.28. The molecule has 1 aromatic carbocycles. The van der Waals surface area contributed by atoms with Crippen LogP contribution in [0.25, 0.3) is 0 Å². The summed E-state index contributed by atoms with van der Waals surface area (Å²) in [6.07, 6.45) is 2.22. The number of nitrogens with two attached hydrogens (primary N) is 1. The molecule has 1 aliphatic heterocycles. The van der Waals surface area contributed by atoms with Crippen molar-refractivity contribution in [3.8, 4) is 0 Å². The first-order valence-corrected chi connectivity index (χ1v) is 6.52. The largest absolute Gasteiger partial charge is 0.392 e. The van der Waals surface area contributed by atoms with Gasteiger partial charge in [-0.05, 0) is 37.0 Å². The van der Waals surface area contributed by atoms with Crippen LogP contribution in [-0.4, -0.2) is 24.1 Å². The minimum Gasteiger partial charge on any atom is -0.392 e. The van der Waals surface area contributed by atoms with Gasteiger partial charge in [-0.15, -0.1) is 0 Å². The molecule has 5 heteroatoms. The Bertz CT molecular complexity index is 457. The zero-order valence-electron chi connectivity index (χ0n) is 10.8. The van der Waals surface area contributed by atoms with E-state index in [1.54, 1.807) is 6.07 Å². The van der Waals surface area contributed by atoms with E-state index in [1.165, 1.54) is 12.1 Å². The van der Waals surface area contributed by atoms with Crippen LogP contribution in [0.15, 0.2) is 18.2 Å². The summed E-state index contributed by atoms with van der Waals surface area (Å²) in [7, 11) is 0. The highest BCUT2D eigenvalue weighted by Gasteiger charge is 2.22. The predicted molar refractivity (Wildman–Crippen MR) is 71.1 cm³/mol. The van der Waals surface area contributed by atoms with E-state index < -0.39 is 0 Å². The molecule has 0 spiro atoms. The Kier molecular flexibility index (Phi) is 4.37. The second kappa shape index (κ2) is 6.02. The number of hydrogen-bond acceptors (Lipinski definition) is 3. The van der Waals surface area contributed by atoms with Crippen molar-refractivity contribution in [2.24, 2.45) is 11.7 Å². The van der Waals surface area contributed by atoms with Crippen LogP contribution in [0.3, 0.4) is 0 Å². The summed E-state index contributed by atoms with van der Waals surface area (Å²) >= 11 is 0. The molecule has 0 saturated carbocycles. The summed E-state index contributed by atoms with van der Waals surface area (Å²) in [6, 6.07) is 4.48. The van der Waals surface area contributed by atoms with Crippen molar-refractivity contribution in [3.63, 3.8) is 0 Å². The Morgan fingerprint density at radius 1 is 1.42 bits per heavy atom. The van der Waals surface area contributed by atoms with Crippen molar-refractivity contribution in [1.29, 1.82) is 0 Å². The molecular weight excluding hydrogens is 247 g/mol. The van der Waals surface area contributed by atoms with E-state index in [2.05, 4.69) is 4.90 Å². The van der Waals surface area contributed by atoms with Crippen LogP contribution in [0, 0.1) is 11.7 Å². The number of anilines is 1. The second-order valence-corrected chi connectivity index (χ2v) is 5.03. The van der Waals surface area contributed by atoms with Crippen LogP contribution < -0.4 is 10.6 Å². The number of rotatable bonds is 4. The van der Waals surface area contributed by atoms with Crippen LogP contribution in [-0.2, 0) is 11.4 Å². The van der Waals surface area contributed by atoms with E-state index in [-0.39, 0.29) is 18.3 Å². The monoisotopic (exact) mass is 266 g/mol. The van der Waals surface area contributed by atoms with Gasteiger partial charge >= 0.3 is 0 Å². The Balaban J connectivity index is 2.03. The zero-order chi connectivity index (χ0) is 13.8. The van der Waals surface area contributed by atoms with Gasteiger partial charge in [0.05, 0.1) is 6.61 Å². The van der Waals surface area contributed by atoms with Crippen LogP contribution in [0.4, 0.5) is 10.1 Å². The second-order valence-electron chi connectivity index (χ2n) is 5.03. The molecule has 0 radical (unpaired) electrons. The van der Waals surface area contributed by atoms with Gasteiger partial charge < -0.3 is 15.7 Å². The van der Waals surface area contributed by atoms with E-state index in [9.17, 15) is 14.3 Å². The lowest BCUT2D eigenvalue weighted by Crippen LogP contribution is -2.35. The lowest BCUT2D eigenvalue weighted by molar-refractivity contribution is -0.119. The number of hydrogen-bond donors (Lipinski definition) is 2. The summed E-state index contributed by atoms with van der Waals surface area (Å²) in [5.41, 5.74) is 6.69. The number of carbonyl (C=O) groups is 1. The van der Waals surface area contributed by atoms with E-state index in [4.69, 9.17) is 5.73 Å². The van der Waals surface area contributed by atoms with Gasteiger partial charge in [-0.2, -0.15) is 0 Å². The molecule has 0 atom stereocenters. The van der Waals surface area contributed by atoms with Gasteiger partial charge in [0, 0.05) is 30.8 Å². The summed E-state index contributed by atoms with van der Waals surface area (Å²) in [6.45, 7) is 1.43. The average Bonchev–Trinajstić information content (AvgIpc) is 2.39. The number of primary amides is 1. The molecule has 1 saturated heterocycles. The maximum absolute atomic E-state index is 13.1. The first-order valence-electron chi connectivity index (χ1n) is 6.52. The van der Waals surface area contributed by atoms with Crippen LogP contribution in [0.2, 0.25) is 0 Å². The standard InChI is InChI=1S/C14H19FN2O2/c15-12-1-2-13(11(8-12)9-18)17-5-3-10(4-6-17)7-14(16)19/h1-2,8,10,18H,3-7,9H2,(H2,16,19). The summed E-state index contributed by atoms with van der Waals surface area (Å²) < 4.78 is 13.1. The van der Waals surface area contributed by atoms with Crippen molar-refractivity contribution >= 4 is 11.6 Å². The fourth-order valence-electron chi connectivity index (χ4n) is 2.65. The van der Waals surface area contributed by atoms with Crippen molar-refractivity contribution < 1.29 is 14.3 Å². The fourth-order valence-corrected chi connectivity index (χ4v) is 2.65. The fraction of sp³-hybridized carbons (Fsp3) is 0.500. The highest BCUT2D eigenvalue weighted by molar-refractivity contribution is 5.74. The first kappa shape index (κ1) is 13.8. The number of aliphatic hydroxyl groups is 1. The lowest BCUT2D eigenvalue weighted by Gasteiger charge is -2.34. The Morgan fingerprint density at radius 3 is 2.68 bits per heavy atom. The maximum Gasteiger partial charge on any atom is 0.217 e. The van der Waals surface area contributed by atoms with E-state index in [1.807, 2.05) is 0 Å². The van der Waals surface area contributed by atoms with Crippen LogP contribution in [0.5, 0.6) is 0 Å². The third-order valence-electron chi connectivity index (χ3n) is 3.66. The molecule has 0 aliphatic carbocycles. The number of carbonyl (C=O) groups excluding carboxylic acids is 1. The molecule has 3 N–H and O–H groups in total. The van der Waals surface area contributed by atoms with Gasteiger partial charge in [0.1, 0.15) is 5.82 Å². The molecule has 2 rings (SSSR count). The molecule has 1 heterocycles. The zero-order valence-corrected chi connectivity index (χ0v) is 10.8. The van der Waals surface area contributed by atoms with Crippen LogP contribution in [0.1, 0.15) is 24.8 Å². The topological polar surface area (TPSA) is 66.6 Å². The van der Waals surface area contributed by atoms with Gasteiger partial charge in [0.2, 0.25) is 5.91 Å². The minimum atomic E-state index is -0.337. The van der Waals surface area contributed by atoms with E-state index >= 15 is 0 Å². The normalized spacial score (nSPS) is 16.6. The highest BCUT2D eigenvalue weighted by atomic mass is 19.1. The molecule has 0 unspecified atom stereocenters. The minimum absolute atomic E-state index is 0.172. The SMILES string of the molecule is NC(=O)CC1CCN(c2ccc(F)cc2CO)CC1. The lowest BCUT2D eigenvalue weighted by atomic mass is 9.92. The van der Waals surface area contributed by atoms with Gasteiger partial charge in [0.15, 0.2) is 0 Å². The molecule has 1 aromatic rings. The van der Waals surface area contributed by atoms with Gasteiger partial charge in [-0.3, -0.25) is 4.79 Å². The number of benzene rings is 1. The molecule has 19 heavy (non-hydrogen) atoms. The average molecular weight is 266 g/mol. The number of amides is 1. The Hall–Kier alpha value is -1.62. The molecule has 1 fully saturated rings. The van der Waals surface area contributed by atoms with E-state index in [0.29, 0.717) is 17.9 Å². The quantitative estimate of drug-likeness (QED) is 0.866. The molecule has 0 bridgehead atoms. The van der Waals surface area contributed by atoms with Crippen molar-refractivity contribution in [2.75, 3.05) is 18.0 Å². The van der Waals surface area contributed by atoms with Gasteiger partial charge in [-0.25, -0.2) is 4.39 Å². The summed E-state index contributed by atoms with van der Waals surface area (Å²) in [5.74, 6) is -0.250. The third kappa shape index (κ3) is 3.44. The number of aliphatic hydroxyl groups excluding tert-OH is 1. The molecule has 4 nitrogen and oxygen atoms in total. The third-order valence-corrected chi connectivity index (χ3v) is 3.66. The van der Waals surface area contributed by atoms with Gasteiger partial charge in [0.25, 0.3) is 0 Å². The van der Waals surface area contributed by atoms with E-state index in [0.717, 1.165) is 31.6 Å². The predicted octanol–water partition coefficient (Wildman–Crippen LogP) is 1.41. The van der Waals surface area contributed by atoms with Crippen molar-refractivity contribution in [1.82, 2.24) is 0 Å². The number of piperidine rings is 1. The van der Waals surface area contributed by atoms with Crippen molar-refractivity contribution in [2.45, 2.75) is 25.9 Å². The molecule has 1 amide bonds. The number of nitrogens with zero attached hydrogens (tertiary/aromatic N) is 1. The first-order chi connectivity index (χ1) is 9.10. The molecule has 1 aliphatic rings. The molecule has 104 valence electrons. The summed E-state index contributed by atoms with van der Waals surface area (Å²) in [4.78, 5) is 13.0. The number of halogens is 1. The summed E-state index contributed by atoms with van der Waals surface area (Å²) in [5, 5.41) is 9.29. The van der Waals surface area contributed by atoms with Gasteiger partial charge in [-0.1, -0.05) is 0 Å². The Morgan fingerprint density at radius 2 is 2.11 bits per heavy atom. The van der Waals surface area contributed by atoms with Crippen molar-refractivity contribution in [3.05, 3.63) is 29.6 Å². The van der Waals surface area contributed by atoms with Crippen LogP contribution >= 0.6 is 0 Å². The maximum atomic E-state index is 13.1. The Labute approximate surface area is 112 Å². The molecule has 0 aromatic heterocycles. The molecular formula is C14H19FN2O2. The smallest absolute Gasteiger partial charge is 0.217 e.